The van der Waals surface area contributed by atoms with Crippen molar-refractivity contribution < 1.29 is 27.3 Å². The molecule has 1 aromatic carbocycles. The number of halogens is 1. The van der Waals surface area contributed by atoms with E-state index in [0.717, 1.165) is 6.20 Å². The molecule has 0 bridgehead atoms. The average Bonchev–Trinajstić information content (AvgIpc) is 3.69. The number of imidazole rings is 1. The van der Waals surface area contributed by atoms with E-state index in [1.54, 1.807) is 38.1 Å². The zero-order valence-corrected chi connectivity index (χ0v) is 21.6. The van der Waals surface area contributed by atoms with Crippen LogP contribution in [0.25, 0.3) is 44.5 Å². The molecule has 1 aliphatic rings. The van der Waals surface area contributed by atoms with Crippen molar-refractivity contribution >= 4 is 28.2 Å². The number of ether oxygens (including phenoxy) is 1. The number of nitrogens with one attached hydrogen (secondary N) is 1. The maximum Gasteiger partial charge on any atom is 0.404 e. The van der Waals surface area contributed by atoms with Crippen molar-refractivity contribution in [1.29, 1.82) is 0 Å². The van der Waals surface area contributed by atoms with Crippen LogP contribution in [0, 0.1) is 5.95 Å². The quantitative estimate of drug-likeness (QED) is 0.301. The predicted octanol–water partition coefficient (Wildman–Crippen LogP) is 3.84. The molecule has 0 radical (unpaired) electrons. The smallest absolute Gasteiger partial charge is 0.404 e. The van der Waals surface area contributed by atoms with Crippen LogP contribution < -0.4 is 11.4 Å². The summed E-state index contributed by atoms with van der Waals surface area (Å²) in [6.45, 7) is -2.47. The van der Waals surface area contributed by atoms with Gasteiger partial charge in [0, 0.05) is 46.4 Å². The van der Waals surface area contributed by atoms with Gasteiger partial charge in [-0.25, -0.2) is 14.6 Å². The Morgan fingerprint density at radius 1 is 1.27 bits per heavy atom. The molecule has 6 rings (SSSR count). The van der Waals surface area contributed by atoms with E-state index in [-0.39, 0.29) is 39.7 Å². The lowest BCUT2D eigenvalue weighted by atomic mass is 9.94. The summed E-state index contributed by atoms with van der Waals surface area (Å²) in [6.07, 6.45) is 1.60. The summed E-state index contributed by atoms with van der Waals surface area (Å²) in [5, 5.41) is 14.4. The molecule has 0 unspecified atom stereocenters. The van der Waals surface area contributed by atoms with E-state index in [2.05, 4.69) is 15.1 Å². The van der Waals surface area contributed by atoms with Crippen LogP contribution in [0.3, 0.4) is 0 Å². The third-order valence-corrected chi connectivity index (χ3v) is 7.48. The zero-order chi connectivity index (χ0) is 33.5. The van der Waals surface area contributed by atoms with Gasteiger partial charge in [-0.15, -0.1) is 5.10 Å². The standard InChI is InChI=1S/C28H30FN7O4/c1-28(2,39)15-7-5-14(6-8-15)20-21-23-19(12-31-25(21)32-22(20)18-13-34(3)33-24(18)29)35(4)27(38)36(23)16-9-10-17(11-16)40-26(30)37/h5-8,12-13,16-17,39H,9-11H2,1-4H3,(H2,30,37)(H,31,32)/t16-,17-/m1/s1/i3D3,4D3. The third-order valence-electron chi connectivity index (χ3n) is 7.48. The highest BCUT2D eigenvalue weighted by atomic mass is 19.1. The summed E-state index contributed by atoms with van der Waals surface area (Å²) in [5.41, 5.74) is 4.72. The highest BCUT2D eigenvalue weighted by molar-refractivity contribution is 6.14. The molecule has 1 aliphatic carbocycles. The number of primary amides is 1. The first kappa shape index (κ1) is 19.6. The Hall–Kier alpha value is -4.45. The molecule has 1 amide bonds. The van der Waals surface area contributed by atoms with Crippen molar-refractivity contribution in [2.24, 2.45) is 19.7 Å². The predicted molar refractivity (Wildman–Crippen MR) is 147 cm³/mol. The van der Waals surface area contributed by atoms with Crippen molar-refractivity contribution in [2.45, 2.75) is 50.9 Å². The number of rotatable bonds is 5. The highest BCUT2D eigenvalue weighted by Gasteiger charge is 2.33. The van der Waals surface area contributed by atoms with Gasteiger partial charge in [0.2, 0.25) is 5.95 Å². The molecule has 1 fully saturated rings. The molecule has 1 saturated carbocycles. The number of aromatic nitrogens is 6. The lowest BCUT2D eigenvalue weighted by molar-refractivity contribution is 0.0786. The van der Waals surface area contributed by atoms with Crippen LogP contribution in [0.4, 0.5) is 9.18 Å². The van der Waals surface area contributed by atoms with Crippen LogP contribution in [0.2, 0.25) is 0 Å². The summed E-state index contributed by atoms with van der Waals surface area (Å²) in [7, 11) is 0. The van der Waals surface area contributed by atoms with E-state index in [4.69, 9.17) is 18.7 Å². The average molecular weight is 554 g/mol. The molecule has 11 nitrogen and oxygen atoms in total. The first-order valence-electron chi connectivity index (χ1n) is 15.6. The monoisotopic (exact) mass is 553 g/mol. The molecule has 4 aromatic heterocycles. The van der Waals surface area contributed by atoms with Crippen molar-refractivity contribution in [3.8, 4) is 22.4 Å². The molecule has 0 saturated heterocycles. The van der Waals surface area contributed by atoms with Crippen LogP contribution in [0.1, 0.15) is 52.9 Å². The fraction of sp³-hybridized carbons (Fsp3) is 0.357. The van der Waals surface area contributed by atoms with Gasteiger partial charge in [-0.05, 0) is 37.8 Å². The van der Waals surface area contributed by atoms with Gasteiger partial charge in [0.05, 0.1) is 39.5 Å². The summed E-state index contributed by atoms with van der Waals surface area (Å²) in [6, 6.07) is 6.06. The Bertz CT molecular complexity index is 2050. The van der Waals surface area contributed by atoms with Gasteiger partial charge in [-0.1, -0.05) is 24.3 Å². The van der Waals surface area contributed by atoms with E-state index >= 15 is 4.39 Å². The number of aromatic amines is 1. The number of aryl methyl sites for hydroxylation is 2. The number of aliphatic hydroxyl groups is 1. The molecule has 12 heteroatoms. The van der Waals surface area contributed by atoms with E-state index in [1.165, 1.54) is 10.8 Å². The minimum Gasteiger partial charge on any atom is -0.446 e. The second-order valence-corrected chi connectivity index (χ2v) is 10.5. The van der Waals surface area contributed by atoms with E-state index in [9.17, 15) is 14.7 Å². The SMILES string of the molecule is [2H]C([2H])([2H])n1cc(-c2[nH]c3ncc4c(c3c2-c2ccc(C(C)(C)O)cc2)n([C@@H]2CC[C@@H](OC(N)=O)C2)c(=O)n4C([2H])([2H])[2H])c(F)n1. The number of carbonyl (C=O) groups is 1. The zero-order valence-electron chi connectivity index (χ0n) is 27.6. The first-order chi connectivity index (χ1) is 21.4. The number of H-pyrrole nitrogens is 1. The van der Waals surface area contributed by atoms with Crippen LogP contribution in [0.15, 0.2) is 41.5 Å². The Morgan fingerprint density at radius 2 is 2.05 bits per heavy atom. The fourth-order valence-electron chi connectivity index (χ4n) is 5.66. The largest absolute Gasteiger partial charge is 0.446 e. The number of fused-ring (bicyclic) bond motifs is 3. The number of hydrogen-bond acceptors (Lipinski definition) is 6. The molecule has 5 aromatic rings. The van der Waals surface area contributed by atoms with Crippen LogP contribution in [-0.4, -0.2) is 46.2 Å². The Kier molecular flexibility index (Phi) is 4.43. The Balaban J connectivity index is 1.72. The van der Waals surface area contributed by atoms with Crippen LogP contribution in [-0.2, 0) is 24.3 Å². The number of benzene rings is 1. The number of nitrogens with two attached hydrogens (primary N) is 1. The Morgan fingerprint density at radius 3 is 2.70 bits per heavy atom. The van der Waals surface area contributed by atoms with E-state index in [1.807, 2.05) is 0 Å². The molecular weight excluding hydrogens is 517 g/mol. The van der Waals surface area contributed by atoms with Gasteiger partial charge in [-0.2, -0.15) is 4.39 Å². The molecule has 0 spiro atoms. The van der Waals surface area contributed by atoms with E-state index in [0.29, 0.717) is 38.8 Å². The molecule has 2 atom stereocenters. The molecular formula is C28H30FN7O4. The summed E-state index contributed by atoms with van der Waals surface area (Å²) >= 11 is 0. The van der Waals surface area contributed by atoms with Crippen LogP contribution in [0.5, 0.6) is 0 Å². The summed E-state index contributed by atoms with van der Waals surface area (Å²) < 4.78 is 70.8. The summed E-state index contributed by atoms with van der Waals surface area (Å²) in [5.74, 6) is -1.09. The van der Waals surface area contributed by atoms with Crippen LogP contribution >= 0.6 is 0 Å². The number of pyridine rings is 1. The molecule has 4 heterocycles. The van der Waals surface area contributed by atoms with Gasteiger partial charge in [0.1, 0.15) is 11.8 Å². The third kappa shape index (κ3) is 4.06. The van der Waals surface area contributed by atoms with Crippen molar-refractivity contribution in [3.63, 3.8) is 0 Å². The number of nitrogens with zero attached hydrogens (tertiary/aromatic N) is 5. The molecule has 4 N–H and O–H groups in total. The fourth-order valence-corrected chi connectivity index (χ4v) is 5.66. The van der Waals surface area contributed by atoms with Gasteiger partial charge in [0.25, 0.3) is 0 Å². The van der Waals surface area contributed by atoms with Gasteiger partial charge < -0.3 is 20.6 Å². The van der Waals surface area contributed by atoms with E-state index < -0.39 is 49.4 Å². The minimum atomic E-state index is -2.90. The van der Waals surface area contributed by atoms with Crippen molar-refractivity contribution in [1.82, 2.24) is 28.9 Å². The lowest BCUT2D eigenvalue weighted by Gasteiger charge is -2.18. The van der Waals surface area contributed by atoms with Gasteiger partial charge in [-0.3, -0.25) is 13.8 Å². The summed E-state index contributed by atoms with van der Waals surface area (Å²) in [4.78, 5) is 32.9. The molecule has 208 valence electrons. The second-order valence-electron chi connectivity index (χ2n) is 10.5. The molecule has 0 aliphatic heterocycles. The lowest BCUT2D eigenvalue weighted by Crippen LogP contribution is -2.26. The van der Waals surface area contributed by atoms with Crippen molar-refractivity contribution in [3.05, 3.63) is 58.7 Å². The number of amides is 1. The van der Waals surface area contributed by atoms with Crippen molar-refractivity contribution in [2.75, 3.05) is 0 Å². The minimum absolute atomic E-state index is 0.0182. The normalized spacial score (nSPS) is 20.6. The number of carbonyl (C=O) groups excluding carboxylic acids is 1. The van der Waals surface area contributed by atoms with Gasteiger partial charge in [0.15, 0.2) is 0 Å². The Labute approximate surface area is 236 Å². The second kappa shape index (κ2) is 9.05. The van der Waals surface area contributed by atoms with Gasteiger partial charge >= 0.3 is 11.8 Å². The topological polar surface area (TPSA) is 146 Å². The maximum absolute atomic E-state index is 15.4. The maximum atomic E-state index is 15.4. The highest BCUT2D eigenvalue weighted by Crippen LogP contribution is 2.43. The first-order valence-corrected chi connectivity index (χ1v) is 12.6. The number of hydrogen-bond donors (Lipinski definition) is 3. The molecule has 40 heavy (non-hydrogen) atoms.